The minimum atomic E-state index is 0.0751. The highest BCUT2D eigenvalue weighted by atomic mass is 35.5. The molecule has 0 saturated carbocycles. The van der Waals surface area contributed by atoms with E-state index in [0.29, 0.717) is 0 Å². The number of hydrogen-bond donors (Lipinski definition) is 0. The number of rotatable bonds is 3. The molecule has 2 aromatic heterocycles. The summed E-state index contributed by atoms with van der Waals surface area (Å²) >= 11 is 9.58. The van der Waals surface area contributed by atoms with E-state index in [0.717, 1.165) is 11.3 Å². The van der Waals surface area contributed by atoms with Crippen molar-refractivity contribution in [3.63, 3.8) is 0 Å². The van der Waals surface area contributed by atoms with E-state index in [4.69, 9.17) is 11.6 Å². The van der Waals surface area contributed by atoms with Gasteiger partial charge in [-0.2, -0.15) is 0 Å². The highest BCUT2D eigenvalue weighted by Gasteiger charge is 2.10. The molecule has 0 saturated heterocycles. The molecular weight excluding hydrogens is 222 g/mol. The van der Waals surface area contributed by atoms with Crippen LogP contribution in [0.5, 0.6) is 0 Å². The van der Waals surface area contributed by atoms with Crippen molar-refractivity contribution in [1.82, 2.24) is 4.98 Å². The van der Waals surface area contributed by atoms with Gasteiger partial charge >= 0.3 is 0 Å². The summed E-state index contributed by atoms with van der Waals surface area (Å²) in [6.07, 6.45) is 2.75. The average Bonchev–Trinajstić information content (AvgIpc) is 2.74. The molecule has 2 rings (SSSR count). The van der Waals surface area contributed by atoms with Gasteiger partial charge in [-0.05, 0) is 11.4 Å². The molecule has 0 aromatic carbocycles. The maximum absolute atomic E-state index is 6.22. The first-order valence-corrected chi connectivity index (χ1v) is 6.10. The molecule has 0 aliphatic carbocycles. The molecule has 0 N–H and O–H groups in total. The lowest BCUT2D eigenvalue weighted by Crippen LogP contribution is -1.90. The van der Waals surface area contributed by atoms with Crippen molar-refractivity contribution in [3.05, 3.63) is 39.0 Å². The SMILES string of the molecule is ClC(Cc1cccs1)c1cncs1. The summed E-state index contributed by atoms with van der Waals surface area (Å²) in [5.41, 5.74) is 1.82. The van der Waals surface area contributed by atoms with Crippen molar-refractivity contribution >= 4 is 34.3 Å². The zero-order valence-electron chi connectivity index (χ0n) is 6.81. The van der Waals surface area contributed by atoms with Crippen LogP contribution in [0.15, 0.2) is 29.2 Å². The number of hydrogen-bond acceptors (Lipinski definition) is 3. The largest absolute Gasteiger partial charge is 0.253 e. The lowest BCUT2D eigenvalue weighted by Gasteiger charge is -2.03. The zero-order valence-corrected chi connectivity index (χ0v) is 9.20. The van der Waals surface area contributed by atoms with Gasteiger partial charge in [-0.15, -0.1) is 34.3 Å². The van der Waals surface area contributed by atoms with Gasteiger partial charge in [-0.25, -0.2) is 0 Å². The normalized spacial score (nSPS) is 13.0. The Morgan fingerprint density at radius 2 is 2.38 bits per heavy atom. The fraction of sp³-hybridized carbons (Fsp3) is 0.222. The molecule has 13 heavy (non-hydrogen) atoms. The zero-order chi connectivity index (χ0) is 9.10. The lowest BCUT2D eigenvalue weighted by molar-refractivity contribution is 0.955. The Bertz CT molecular complexity index is 342. The molecule has 0 bridgehead atoms. The maximum Gasteiger partial charge on any atom is 0.0794 e. The van der Waals surface area contributed by atoms with E-state index in [2.05, 4.69) is 22.5 Å². The minimum Gasteiger partial charge on any atom is -0.253 e. The molecule has 68 valence electrons. The molecule has 0 radical (unpaired) electrons. The van der Waals surface area contributed by atoms with Crippen LogP contribution < -0.4 is 0 Å². The van der Waals surface area contributed by atoms with Crippen molar-refractivity contribution < 1.29 is 0 Å². The van der Waals surface area contributed by atoms with E-state index >= 15 is 0 Å². The van der Waals surface area contributed by atoms with Crippen LogP contribution in [0.4, 0.5) is 0 Å². The van der Waals surface area contributed by atoms with Crippen LogP contribution in [0.2, 0.25) is 0 Å². The van der Waals surface area contributed by atoms with Crippen LogP contribution in [0.25, 0.3) is 0 Å². The second kappa shape index (κ2) is 4.22. The van der Waals surface area contributed by atoms with Crippen LogP contribution >= 0.6 is 34.3 Å². The first-order chi connectivity index (χ1) is 6.36. The van der Waals surface area contributed by atoms with Crippen LogP contribution in [-0.4, -0.2) is 4.98 Å². The number of thiophene rings is 1. The molecule has 0 aliphatic rings. The van der Waals surface area contributed by atoms with Gasteiger partial charge in [-0.1, -0.05) is 6.07 Å². The summed E-state index contributed by atoms with van der Waals surface area (Å²) in [6.45, 7) is 0. The average molecular weight is 230 g/mol. The molecule has 4 heteroatoms. The smallest absolute Gasteiger partial charge is 0.0794 e. The Balaban J connectivity index is 2.04. The molecule has 2 heterocycles. The molecule has 1 nitrogen and oxygen atoms in total. The highest BCUT2D eigenvalue weighted by Crippen LogP contribution is 2.28. The van der Waals surface area contributed by atoms with Crippen molar-refractivity contribution in [2.75, 3.05) is 0 Å². The van der Waals surface area contributed by atoms with Gasteiger partial charge in [0.1, 0.15) is 0 Å². The Kier molecular flexibility index (Phi) is 2.98. The van der Waals surface area contributed by atoms with Gasteiger partial charge in [0.05, 0.1) is 10.9 Å². The van der Waals surface area contributed by atoms with Crippen LogP contribution in [0.3, 0.4) is 0 Å². The fourth-order valence-electron chi connectivity index (χ4n) is 1.09. The molecule has 0 amide bonds. The number of aromatic nitrogens is 1. The minimum absolute atomic E-state index is 0.0751. The Labute approximate surface area is 90.0 Å². The number of alkyl halides is 1. The first kappa shape index (κ1) is 9.19. The van der Waals surface area contributed by atoms with Gasteiger partial charge in [-0.3, -0.25) is 4.98 Å². The second-order valence-corrected chi connectivity index (χ2v) is 5.13. The van der Waals surface area contributed by atoms with Crippen LogP contribution in [0.1, 0.15) is 15.1 Å². The number of thiazole rings is 1. The first-order valence-electron chi connectivity index (χ1n) is 3.91. The predicted molar refractivity (Wildman–Crippen MR) is 58.7 cm³/mol. The maximum atomic E-state index is 6.22. The Hall–Kier alpha value is -0.380. The van der Waals surface area contributed by atoms with Gasteiger partial charge in [0.15, 0.2) is 0 Å². The second-order valence-electron chi connectivity index (χ2n) is 2.65. The molecule has 0 aliphatic heterocycles. The van der Waals surface area contributed by atoms with E-state index in [-0.39, 0.29) is 5.38 Å². The highest BCUT2D eigenvalue weighted by molar-refractivity contribution is 7.10. The molecule has 2 aromatic rings. The summed E-state index contributed by atoms with van der Waals surface area (Å²) in [6, 6.07) is 4.16. The standard InChI is InChI=1S/C9H8ClNS2/c10-8(9-5-11-6-13-9)4-7-2-1-3-12-7/h1-3,5-6,8H,4H2. The summed E-state index contributed by atoms with van der Waals surface area (Å²) in [7, 11) is 0. The van der Waals surface area contributed by atoms with E-state index in [1.54, 1.807) is 22.7 Å². The molecule has 0 spiro atoms. The van der Waals surface area contributed by atoms with Gasteiger partial charge in [0.2, 0.25) is 0 Å². The van der Waals surface area contributed by atoms with E-state index in [9.17, 15) is 0 Å². The van der Waals surface area contributed by atoms with Gasteiger partial charge < -0.3 is 0 Å². The van der Waals surface area contributed by atoms with Gasteiger partial charge in [0.25, 0.3) is 0 Å². The van der Waals surface area contributed by atoms with E-state index in [1.807, 2.05) is 11.7 Å². The third-order valence-electron chi connectivity index (χ3n) is 1.72. The third-order valence-corrected chi connectivity index (χ3v) is 4.03. The number of halogens is 1. The van der Waals surface area contributed by atoms with Gasteiger partial charge in [0, 0.05) is 22.4 Å². The van der Waals surface area contributed by atoms with E-state index in [1.165, 1.54) is 4.88 Å². The van der Waals surface area contributed by atoms with Crippen LogP contribution in [0, 0.1) is 0 Å². The third kappa shape index (κ3) is 2.30. The lowest BCUT2D eigenvalue weighted by atomic mass is 10.2. The summed E-state index contributed by atoms with van der Waals surface area (Å²) in [5.74, 6) is 0. The molecular formula is C9H8ClNS2. The quantitative estimate of drug-likeness (QED) is 0.731. The molecule has 1 atom stereocenters. The summed E-state index contributed by atoms with van der Waals surface area (Å²) in [4.78, 5) is 6.49. The molecule has 0 fully saturated rings. The fourth-order valence-corrected chi connectivity index (χ4v) is 2.90. The van der Waals surface area contributed by atoms with Crippen molar-refractivity contribution in [2.45, 2.75) is 11.8 Å². The monoisotopic (exact) mass is 229 g/mol. The summed E-state index contributed by atoms with van der Waals surface area (Å²) in [5, 5.41) is 2.15. The van der Waals surface area contributed by atoms with E-state index < -0.39 is 0 Å². The Morgan fingerprint density at radius 3 is 3.00 bits per heavy atom. The Morgan fingerprint density at radius 1 is 1.46 bits per heavy atom. The topological polar surface area (TPSA) is 12.9 Å². The summed E-state index contributed by atoms with van der Waals surface area (Å²) < 4.78 is 0. The van der Waals surface area contributed by atoms with Crippen molar-refractivity contribution in [2.24, 2.45) is 0 Å². The van der Waals surface area contributed by atoms with Crippen molar-refractivity contribution in [1.29, 1.82) is 0 Å². The predicted octanol–water partition coefficient (Wildman–Crippen LogP) is 3.73. The molecule has 1 unspecified atom stereocenters. The van der Waals surface area contributed by atoms with Crippen LogP contribution in [-0.2, 0) is 6.42 Å². The number of nitrogens with zero attached hydrogens (tertiary/aromatic N) is 1. The van der Waals surface area contributed by atoms with Crippen molar-refractivity contribution in [3.8, 4) is 0 Å².